The van der Waals surface area contributed by atoms with Gasteiger partial charge in [0.05, 0.1) is 4.92 Å². The Morgan fingerprint density at radius 2 is 1.60 bits per heavy atom. The summed E-state index contributed by atoms with van der Waals surface area (Å²) in [6, 6.07) is 7.15. The van der Waals surface area contributed by atoms with Gasteiger partial charge in [0.1, 0.15) is 0 Å². The van der Waals surface area contributed by atoms with Gasteiger partial charge in [-0.15, -0.1) is 0 Å². The average Bonchev–Trinajstić information content (AvgIpc) is 2.53. The van der Waals surface area contributed by atoms with Gasteiger partial charge in [-0.2, -0.15) is 22.0 Å². The number of nitrogens with zero attached hydrogens (tertiary/aromatic N) is 1. The van der Waals surface area contributed by atoms with Crippen LogP contribution in [-0.4, -0.2) is 22.1 Å². The van der Waals surface area contributed by atoms with Crippen molar-refractivity contribution in [1.82, 2.24) is 0 Å². The van der Waals surface area contributed by atoms with E-state index in [2.05, 4.69) is 0 Å². The number of rotatable bonds is 4. The molecule has 1 unspecified atom stereocenters. The fourth-order valence-electron chi connectivity index (χ4n) is 2.31. The fourth-order valence-corrected chi connectivity index (χ4v) is 2.58. The van der Waals surface area contributed by atoms with Gasteiger partial charge in [0.2, 0.25) is 0 Å². The number of aliphatic hydroxyl groups is 1. The first-order chi connectivity index (χ1) is 11.4. The topological polar surface area (TPSA) is 63.4 Å². The molecule has 0 amide bonds. The number of hydrogen-bond donors (Lipinski definition) is 1. The summed E-state index contributed by atoms with van der Waals surface area (Å²) in [5.74, 6) is -5.68. The maximum atomic E-state index is 14.3. The quantitative estimate of drug-likeness (QED) is 0.475. The van der Waals surface area contributed by atoms with Crippen LogP contribution >= 0.6 is 11.6 Å². The zero-order valence-corrected chi connectivity index (χ0v) is 12.9. The Hall–Kier alpha value is -2.26. The van der Waals surface area contributed by atoms with Crippen LogP contribution in [0.3, 0.4) is 0 Å². The van der Waals surface area contributed by atoms with E-state index in [9.17, 15) is 37.2 Å². The van der Waals surface area contributed by atoms with Crippen molar-refractivity contribution in [3.63, 3.8) is 0 Å². The van der Waals surface area contributed by atoms with E-state index < -0.39 is 44.5 Å². The molecule has 0 aliphatic carbocycles. The van der Waals surface area contributed by atoms with Crippen molar-refractivity contribution in [2.45, 2.75) is 17.7 Å². The fraction of sp³-hybridized carbons (Fsp3) is 0.200. The molecule has 0 saturated carbocycles. The molecule has 0 aromatic heterocycles. The van der Waals surface area contributed by atoms with Crippen molar-refractivity contribution in [2.75, 3.05) is 0 Å². The summed E-state index contributed by atoms with van der Waals surface area (Å²) in [7, 11) is 0. The van der Waals surface area contributed by atoms with Crippen LogP contribution in [0.1, 0.15) is 11.1 Å². The summed E-state index contributed by atoms with van der Waals surface area (Å²) in [4.78, 5) is 9.83. The van der Waals surface area contributed by atoms with E-state index in [1.54, 1.807) is 0 Å². The molecular formula is C15H9ClF5NO3. The highest BCUT2D eigenvalue weighted by Crippen LogP contribution is 2.53. The summed E-state index contributed by atoms with van der Waals surface area (Å²) >= 11 is 5.72. The van der Waals surface area contributed by atoms with Gasteiger partial charge in [0.25, 0.3) is 5.69 Å². The number of hydrogen-bond acceptors (Lipinski definition) is 3. The molecule has 0 heterocycles. The SMILES string of the molecule is O=[N+]([O-])c1cccc(C(O)(c2ccccc2Cl)C(F)(F)C(F)(F)F)c1. The number of nitro benzene ring substituents is 1. The Bertz CT molecular complexity index is 812. The van der Waals surface area contributed by atoms with Crippen LogP contribution < -0.4 is 0 Å². The Labute approximate surface area is 142 Å². The van der Waals surface area contributed by atoms with Gasteiger partial charge in [-0.1, -0.05) is 41.9 Å². The van der Waals surface area contributed by atoms with Gasteiger partial charge in [-0.05, 0) is 6.07 Å². The molecule has 2 aromatic rings. The molecule has 2 aromatic carbocycles. The van der Waals surface area contributed by atoms with Crippen LogP contribution in [0, 0.1) is 10.1 Å². The molecule has 0 aliphatic rings. The summed E-state index contributed by atoms with van der Waals surface area (Å²) in [6.45, 7) is 0. The van der Waals surface area contributed by atoms with E-state index in [4.69, 9.17) is 11.6 Å². The van der Waals surface area contributed by atoms with E-state index in [0.717, 1.165) is 36.4 Å². The van der Waals surface area contributed by atoms with E-state index in [0.29, 0.717) is 6.07 Å². The molecule has 2 rings (SSSR count). The molecule has 0 radical (unpaired) electrons. The maximum Gasteiger partial charge on any atom is 0.457 e. The van der Waals surface area contributed by atoms with E-state index >= 15 is 0 Å². The van der Waals surface area contributed by atoms with Crippen LogP contribution in [0.15, 0.2) is 48.5 Å². The Morgan fingerprint density at radius 3 is 2.12 bits per heavy atom. The Morgan fingerprint density at radius 1 is 1.00 bits per heavy atom. The largest absolute Gasteiger partial charge is 0.457 e. The Kier molecular flexibility index (Phi) is 4.75. The molecule has 0 bridgehead atoms. The number of alkyl halides is 5. The standard InChI is InChI=1S/C15H9ClF5NO3/c16-12-7-2-1-6-11(12)13(23,14(17,18)15(19,20)21)9-4-3-5-10(8-9)22(24)25/h1-8,23H. The van der Waals surface area contributed by atoms with Crippen molar-refractivity contribution >= 4 is 17.3 Å². The zero-order chi connectivity index (χ0) is 19.0. The minimum absolute atomic E-state index is 0.447. The number of nitro groups is 1. The van der Waals surface area contributed by atoms with Crippen molar-refractivity contribution in [3.05, 3.63) is 74.8 Å². The van der Waals surface area contributed by atoms with Crippen LogP contribution in [-0.2, 0) is 5.60 Å². The molecule has 10 heteroatoms. The van der Waals surface area contributed by atoms with Crippen LogP contribution in [0.25, 0.3) is 0 Å². The van der Waals surface area contributed by atoms with Crippen molar-refractivity contribution in [1.29, 1.82) is 0 Å². The lowest BCUT2D eigenvalue weighted by atomic mass is 9.80. The highest BCUT2D eigenvalue weighted by Gasteiger charge is 2.71. The molecule has 0 saturated heterocycles. The highest BCUT2D eigenvalue weighted by atomic mass is 35.5. The predicted molar refractivity (Wildman–Crippen MR) is 78.5 cm³/mol. The average molecular weight is 382 g/mol. The highest BCUT2D eigenvalue weighted by molar-refractivity contribution is 6.31. The van der Waals surface area contributed by atoms with Crippen molar-refractivity contribution < 1.29 is 32.0 Å². The van der Waals surface area contributed by atoms with Gasteiger partial charge in [0.15, 0.2) is 5.60 Å². The second-order valence-corrected chi connectivity index (χ2v) is 5.48. The Balaban J connectivity index is 2.85. The first-order valence-electron chi connectivity index (χ1n) is 6.59. The van der Waals surface area contributed by atoms with Crippen molar-refractivity contribution in [3.8, 4) is 0 Å². The molecule has 25 heavy (non-hydrogen) atoms. The third-order valence-electron chi connectivity index (χ3n) is 3.55. The third kappa shape index (κ3) is 3.05. The lowest BCUT2D eigenvalue weighted by Gasteiger charge is -2.37. The summed E-state index contributed by atoms with van der Waals surface area (Å²) < 4.78 is 67.5. The molecule has 134 valence electrons. The minimum Gasteiger partial charge on any atom is -0.374 e. The zero-order valence-electron chi connectivity index (χ0n) is 12.1. The van der Waals surface area contributed by atoms with E-state index in [1.807, 2.05) is 0 Å². The van der Waals surface area contributed by atoms with Gasteiger partial charge in [0, 0.05) is 28.3 Å². The van der Waals surface area contributed by atoms with Gasteiger partial charge >= 0.3 is 12.1 Å². The van der Waals surface area contributed by atoms with Crippen LogP contribution in [0.5, 0.6) is 0 Å². The second-order valence-electron chi connectivity index (χ2n) is 5.07. The van der Waals surface area contributed by atoms with Gasteiger partial charge in [-0.3, -0.25) is 10.1 Å². The maximum absolute atomic E-state index is 14.3. The normalized spacial score (nSPS) is 14.8. The molecule has 0 aliphatic heterocycles. The molecule has 1 atom stereocenters. The molecule has 0 spiro atoms. The van der Waals surface area contributed by atoms with Crippen LogP contribution in [0.4, 0.5) is 27.6 Å². The molecule has 0 fully saturated rings. The smallest absolute Gasteiger partial charge is 0.374 e. The second kappa shape index (κ2) is 6.23. The predicted octanol–water partition coefficient (Wildman–Crippen LogP) is 4.68. The molecular weight excluding hydrogens is 373 g/mol. The third-order valence-corrected chi connectivity index (χ3v) is 3.88. The van der Waals surface area contributed by atoms with E-state index in [-0.39, 0.29) is 0 Å². The van der Waals surface area contributed by atoms with Gasteiger partial charge < -0.3 is 5.11 Å². The van der Waals surface area contributed by atoms with Crippen LogP contribution in [0.2, 0.25) is 5.02 Å². The number of halogens is 6. The first kappa shape index (κ1) is 19.1. The van der Waals surface area contributed by atoms with Gasteiger partial charge in [-0.25, -0.2) is 0 Å². The molecule has 1 N–H and O–H groups in total. The summed E-state index contributed by atoms with van der Waals surface area (Å²) in [5, 5.41) is 20.8. The summed E-state index contributed by atoms with van der Waals surface area (Å²) in [5.41, 5.74) is -6.67. The minimum atomic E-state index is -6.15. The first-order valence-corrected chi connectivity index (χ1v) is 6.97. The molecule has 4 nitrogen and oxygen atoms in total. The lowest BCUT2D eigenvalue weighted by Crippen LogP contribution is -2.55. The monoisotopic (exact) mass is 381 g/mol. The summed E-state index contributed by atoms with van der Waals surface area (Å²) in [6.07, 6.45) is -6.15. The lowest BCUT2D eigenvalue weighted by molar-refractivity contribution is -0.385. The van der Waals surface area contributed by atoms with E-state index in [1.165, 1.54) is 6.07 Å². The number of non-ortho nitro benzene ring substituents is 1. The van der Waals surface area contributed by atoms with Crippen molar-refractivity contribution in [2.24, 2.45) is 0 Å². The number of benzene rings is 2.